The summed E-state index contributed by atoms with van der Waals surface area (Å²) >= 11 is 0. The Balaban J connectivity index is 3.64. The minimum atomic E-state index is -0.255. The zero-order valence-electron chi connectivity index (χ0n) is 8.58. The van der Waals surface area contributed by atoms with E-state index in [-0.39, 0.29) is 18.0 Å². The van der Waals surface area contributed by atoms with Gasteiger partial charge < -0.3 is 15.2 Å². The lowest BCUT2D eigenvalue weighted by molar-refractivity contribution is -0.154. The Morgan fingerprint density at radius 2 is 2.08 bits per heavy atom. The molecule has 0 aliphatic rings. The van der Waals surface area contributed by atoms with E-state index in [4.69, 9.17) is 15.2 Å². The molecule has 4 nitrogen and oxygen atoms in total. The van der Waals surface area contributed by atoms with E-state index in [9.17, 15) is 4.79 Å². The molecule has 13 heavy (non-hydrogen) atoms. The van der Waals surface area contributed by atoms with Crippen LogP contribution in [0, 0.1) is 5.92 Å². The molecule has 0 aliphatic carbocycles. The summed E-state index contributed by atoms with van der Waals surface area (Å²) in [5.41, 5.74) is 5.32. The standard InChI is InChI=1S/C9H19NO3/c1-4-12-6-8(3)13-9(11)7(2)5-10/h7-8H,4-6,10H2,1-3H3. The summed E-state index contributed by atoms with van der Waals surface area (Å²) in [6.45, 7) is 6.84. The Bertz CT molecular complexity index is 150. The lowest BCUT2D eigenvalue weighted by atomic mass is 10.2. The molecule has 78 valence electrons. The van der Waals surface area contributed by atoms with Crippen LogP contribution in [0.2, 0.25) is 0 Å². The van der Waals surface area contributed by atoms with Crippen molar-refractivity contribution in [2.45, 2.75) is 26.9 Å². The van der Waals surface area contributed by atoms with Gasteiger partial charge in [0.15, 0.2) is 0 Å². The summed E-state index contributed by atoms with van der Waals surface area (Å²) in [5.74, 6) is -0.487. The van der Waals surface area contributed by atoms with E-state index in [1.807, 2.05) is 6.92 Å². The van der Waals surface area contributed by atoms with Crippen LogP contribution in [0.15, 0.2) is 0 Å². The van der Waals surface area contributed by atoms with Gasteiger partial charge in [-0.05, 0) is 13.8 Å². The highest BCUT2D eigenvalue weighted by Gasteiger charge is 2.15. The molecule has 0 amide bonds. The molecule has 0 radical (unpaired) electrons. The number of esters is 1. The first kappa shape index (κ1) is 12.4. The first-order chi connectivity index (χ1) is 6.11. The smallest absolute Gasteiger partial charge is 0.310 e. The second-order valence-electron chi connectivity index (χ2n) is 3.04. The maximum Gasteiger partial charge on any atom is 0.310 e. The number of carbonyl (C=O) groups excluding carboxylic acids is 1. The molecule has 0 fully saturated rings. The van der Waals surface area contributed by atoms with E-state index >= 15 is 0 Å². The Morgan fingerprint density at radius 1 is 1.46 bits per heavy atom. The molecule has 0 saturated carbocycles. The summed E-state index contributed by atoms with van der Waals surface area (Å²) in [7, 11) is 0. The van der Waals surface area contributed by atoms with Gasteiger partial charge in [-0.2, -0.15) is 0 Å². The van der Waals surface area contributed by atoms with Crippen molar-refractivity contribution in [1.82, 2.24) is 0 Å². The average Bonchev–Trinajstić information content (AvgIpc) is 2.13. The van der Waals surface area contributed by atoms with Crippen LogP contribution < -0.4 is 5.73 Å². The fourth-order valence-corrected chi connectivity index (χ4v) is 0.729. The first-order valence-electron chi connectivity index (χ1n) is 4.60. The summed E-state index contributed by atoms with van der Waals surface area (Å²) in [6.07, 6.45) is -0.193. The number of rotatable bonds is 6. The second-order valence-corrected chi connectivity index (χ2v) is 3.04. The van der Waals surface area contributed by atoms with Gasteiger partial charge in [0.05, 0.1) is 12.5 Å². The number of ether oxygens (including phenoxy) is 2. The molecule has 2 atom stereocenters. The third-order valence-corrected chi connectivity index (χ3v) is 1.63. The molecule has 4 heteroatoms. The van der Waals surface area contributed by atoms with Crippen molar-refractivity contribution in [3.63, 3.8) is 0 Å². The molecule has 0 bridgehead atoms. The largest absolute Gasteiger partial charge is 0.460 e. The minimum absolute atomic E-state index is 0.193. The van der Waals surface area contributed by atoms with Gasteiger partial charge in [-0.1, -0.05) is 6.92 Å². The van der Waals surface area contributed by atoms with Gasteiger partial charge in [0.25, 0.3) is 0 Å². The van der Waals surface area contributed by atoms with Crippen LogP contribution in [0.4, 0.5) is 0 Å². The van der Waals surface area contributed by atoms with Gasteiger partial charge in [-0.25, -0.2) is 0 Å². The van der Waals surface area contributed by atoms with E-state index in [0.717, 1.165) is 0 Å². The number of nitrogens with two attached hydrogens (primary N) is 1. The first-order valence-corrected chi connectivity index (χ1v) is 4.60. The molecular weight excluding hydrogens is 170 g/mol. The molecule has 0 saturated heterocycles. The highest BCUT2D eigenvalue weighted by molar-refractivity contribution is 5.72. The highest BCUT2D eigenvalue weighted by atomic mass is 16.6. The van der Waals surface area contributed by atoms with E-state index < -0.39 is 0 Å². The van der Waals surface area contributed by atoms with Gasteiger partial charge >= 0.3 is 5.97 Å². The molecule has 0 rings (SSSR count). The number of hydrogen-bond donors (Lipinski definition) is 1. The maximum absolute atomic E-state index is 11.2. The van der Waals surface area contributed by atoms with Crippen LogP contribution >= 0.6 is 0 Å². The number of hydrogen-bond acceptors (Lipinski definition) is 4. The topological polar surface area (TPSA) is 61.5 Å². The van der Waals surface area contributed by atoms with Gasteiger partial charge in [-0.15, -0.1) is 0 Å². The van der Waals surface area contributed by atoms with Crippen molar-refractivity contribution < 1.29 is 14.3 Å². The number of carbonyl (C=O) groups is 1. The van der Waals surface area contributed by atoms with Crippen molar-refractivity contribution >= 4 is 5.97 Å². The molecule has 2 unspecified atom stereocenters. The fraction of sp³-hybridized carbons (Fsp3) is 0.889. The Kier molecular flexibility index (Phi) is 6.54. The predicted octanol–water partition coefficient (Wildman–Crippen LogP) is 0.549. The lowest BCUT2D eigenvalue weighted by Gasteiger charge is -2.15. The quantitative estimate of drug-likeness (QED) is 0.620. The highest BCUT2D eigenvalue weighted by Crippen LogP contribution is 2.00. The van der Waals surface area contributed by atoms with E-state index in [1.54, 1.807) is 13.8 Å². The van der Waals surface area contributed by atoms with E-state index in [1.165, 1.54) is 0 Å². The van der Waals surface area contributed by atoms with Crippen LogP contribution in [0.25, 0.3) is 0 Å². The Morgan fingerprint density at radius 3 is 2.54 bits per heavy atom. The summed E-state index contributed by atoms with van der Waals surface area (Å²) in [6, 6.07) is 0. The van der Waals surface area contributed by atoms with Crippen LogP contribution in [-0.2, 0) is 14.3 Å². The SMILES string of the molecule is CCOCC(C)OC(=O)C(C)CN. The summed E-state index contributed by atoms with van der Waals surface area (Å²) < 4.78 is 10.2. The maximum atomic E-state index is 11.2. The van der Waals surface area contributed by atoms with E-state index in [2.05, 4.69) is 0 Å². The zero-order valence-corrected chi connectivity index (χ0v) is 8.58. The van der Waals surface area contributed by atoms with E-state index in [0.29, 0.717) is 19.8 Å². The van der Waals surface area contributed by atoms with Crippen LogP contribution in [0.3, 0.4) is 0 Å². The molecule has 0 heterocycles. The van der Waals surface area contributed by atoms with Crippen molar-refractivity contribution in [2.75, 3.05) is 19.8 Å². The Labute approximate surface area is 79.4 Å². The van der Waals surface area contributed by atoms with Gasteiger partial charge in [0, 0.05) is 13.2 Å². The van der Waals surface area contributed by atoms with Crippen molar-refractivity contribution in [3.8, 4) is 0 Å². The Hall–Kier alpha value is -0.610. The summed E-state index contributed by atoms with van der Waals surface area (Å²) in [4.78, 5) is 11.2. The predicted molar refractivity (Wildman–Crippen MR) is 50.3 cm³/mol. The normalized spacial score (nSPS) is 15.1. The molecule has 0 spiro atoms. The van der Waals surface area contributed by atoms with Gasteiger partial charge in [-0.3, -0.25) is 4.79 Å². The monoisotopic (exact) mass is 189 g/mol. The molecule has 0 aliphatic heterocycles. The van der Waals surface area contributed by atoms with Crippen molar-refractivity contribution in [2.24, 2.45) is 11.7 Å². The molecule has 0 aromatic carbocycles. The third kappa shape index (κ3) is 5.60. The van der Waals surface area contributed by atoms with Crippen LogP contribution in [0.1, 0.15) is 20.8 Å². The van der Waals surface area contributed by atoms with Crippen LogP contribution in [-0.4, -0.2) is 31.8 Å². The molecular formula is C9H19NO3. The second kappa shape index (κ2) is 6.86. The molecule has 2 N–H and O–H groups in total. The van der Waals surface area contributed by atoms with Gasteiger partial charge in [0.1, 0.15) is 6.10 Å². The summed E-state index contributed by atoms with van der Waals surface area (Å²) in [5, 5.41) is 0. The van der Waals surface area contributed by atoms with Crippen LogP contribution in [0.5, 0.6) is 0 Å². The minimum Gasteiger partial charge on any atom is -0.460 e. The molecule has 0 aromatic rings. The van der Waals surface area contributed by atoms with Crippen molar-refractivity contribution in [3.05, 3.63) is 0 Å². The zero-order chi connectivity index (χ0) is 10.3. The average molecular weight is 189 g/mol. The lowest BCUT2D eigenvalue weighted by Crippen LogP contribution is -2.28. The fourth-order valence-electron chi connectivity index (χ4n) is 0.729. The molecule has 0 aromatic heterocycles. The third-order valence-electron chi connectivity index (χ3n) is 1.63. The van der Waals surface area contributed by atoms with Gasteiger partial charge in [0.2, 0.25) is 0 Å². The van der Waals surface area contributed by atoms with Crippen molar-refractivity contribution in [1.29, 1.82) is 0 Å².